The van der Waals surface area contributed by atoms with E-state index in [1.54, 1.807) is 0 Å². The van der Waals surface area contributed by atoms with E-state index in [4.69, 9.17) is 9.47 Å². The molecule has 4 heterocycles. The molecular formula is C14H18N2O4. The van der Waals surface area contributed by atoms with Gasteiger partial charge in [0.1, 0.15) is 0 Å². The van der Waals surface area contributed by atoms with Crippen LogP contribution >= 0.6 is 0 Å². The molecule has 2 bridgehead atoms. The molecule has 0 aromatic heterocycles. The number of nitrogens with zero attached hydrogens (tertiary/aromatic N) is 2. The lowest BCUT2D eigenvalue weighted by Crippen LogP contribution is -2.44. The van der Waals surface area contributed by atoms with Crippen LogP contribution in [0.3, 0.4) is 0 Å². The van der Waals surface area contributed by atoms with Crippen LogP contribution < -0.4 is 0 Å². The van der Waals surface area contributed by atoms with Crippen molar-refractivity contribution in [3.05, 3.63) is 12.2 Å². The molecule has 0 aliphatic carbocycles. The molecule has 0 aromatic carbocycles. The Morgan fingerprint density at radius 3 is 2.20 bits per heavy atom. The standard InChI is InChI=1S/C14H18N2O4/c17-13-11-9-1-2-10(20-9)12(11)14(18)16(13)4-3-15-5-7-19-8-6-15/h1-2,9-12H,3-8H2/t9-,10+,11?,12?. The summed E-state index contributed by atoms with van der Waals surface area (Å²) in [6.45, 7) is 4.44. The molecule has 4 atom stereocenters. The zero-order valence-corrected chi connectivity index (χ0v) is 11.2. The molecule has 3 saturated heterocycles. The fraction of sp³-hybridized carbons (Fsp3) is 0.714. The van der Waals surface area contributed by atoms with E-state index in [2.05, 4.69) is 4.90 Å². The fourth-order valence-electron chi connectivity index (χ4n) is 3.65. The maximum atomic E-state index is 12.4. The van der Waals surface area contributed by atoms with E-state index in [1.165, 1.54) is 4.90 Å². The van der Waals surface area contributed by atoms with E-state index in [9.17, 15) is 9.59 Å². The molecule has 108 valence electrons. The molecule has 4 aliphatic heterocycles. The smallest absolute Gasteiger partial charge is 0.236 e. The normalized spacial score (nSPS) is 39.9. The highest BCUT2D eigenvalue weighted by atomic mass is 16.5. The second kappa shape index (κ2) is 4.65. The lowest BCUT2D eigenvalue weighted by atomic mass is 9.85. The van der Waals surface area contributed by atoms with E-state index in [0.29, 0.717) is 6.54 Å². The molecular weight excluding hydrogens is 260 g/mol. The molecule has 2 amide bonds. The van der Waals surface area contributed by atoms with Crippen molar-refractivity contribution in [2.75, 3.05) is 39.4 Å². The Bertz CT molecular complexity index is 442. The van der Waals surface area contributed by atoms with Crippen LogP contribution in [0, 0.1) is 11.8 Å². The van der Waals surface area contributed by atoms with Gasteiger partial charge in [-0.25, -0.2) is 0 Å². The third-order valence-corrected chi connectivity index (χ3v) is 4.75. The van der Waals surface area contributed by atoms with Gasteiger partial charge in [-0.15, -0.1) is 0 Å². The van der Waals surface area contributed by atoms with Crippen molar-refractivity contribution >= 4 is 11.8 Å². The summed E-state index contributed by atoms with van der Waals surface area (Å²) in [6, 6.07) is 0. The second-order valence-electron chi connectivity index (χ2n) is 5.78. The lowest BCUT2D eigenvalue weighted by Gasteiger charge is -2.28. The summed E-state index contributed by atoms with van der Waals surface area (Å²) in [6.07, 6.45) is 3.47. The first-order valence-corrected chi connectivity index (χ1v) is 7.25. The summed E-state index contributed by atoms with van der Waals surface area (Å²) in [7, 11) is 0. The summed E-state index contributed by atoms with van der Waals surface area (Å²) in [4.78, 5) is 28.5. The number of morpholine rings is 1. The average molecular weight is 278 g/mol. The van der Waals surface area contributed by atoms with Crippen molar-refractivity contribution in [3.63, 3.8) is 0 Å². The van der Waals surface area contributed by atoms with Crippen LogP contribution in [0.1, 0.15) is 0 Å². The van der Waals surface area contributed by atoms with Gasteiger partial charge in [0.15, 0.2) is 0 Å². The van der Waals surface area contributed by atoms with Gasteiger partial charge in [-0.2, -0.15) is 0 Å². The first-order chi connectivity index (χ1) is 9.75. The van der Waals surface area contributed by atoms with Gasteiger partial charge in [0.05, 0.1) is 37.3 Å². The Hall–Kier alpha value is -1.24. The minimum atomic E-state index is -0.276. The van der Waals surface area contributed by atoms with Crippen molar-refractivity contribution in [3.8, 4) is 0 Å². The topological polar surface area (TPSA) is 59.1 Å². The predicted molar refractivity (Wildman–Crippen MR) is 68.8 cm³/mol. The number of likely N-dealkylation sites (tertiary alicyclic amines) is 1. The fourth-order valence-corrected chi connectivity index (χ4v) is 3.65. The van der Waals surface area contributed by atoms with Crippen molar-refractivity contribution in [1.82, 2.24) is 9.80 Å². The zero-order valence-electron chi connectivity index (χ0n) is 11.2. The average Bonchev–Trinajstić information content (AvgIpc) is 3.13. The van der Waals surface area contributed by atoms with Gasteiger partial charge < -0.3 is 9.47 Å². The number of amides is 2. The maximum absolute atomic E-state index is 12.4. The molecule has 4 rings (SSSR count). The number of fused-ring (bicyclic) bond motifs is 5. The van der Waals surface area contributed by atoms with Crippen molar-refractivity contribution in [2.24, 2.45) is 11.8 Å². The summed E-state index contributed by atoms with van der Waals surface area (Å²) in [5, 5.41) is 0. The van der Waals surface area contributed by atoms with E-state index in [1.807, 2.05) is 12.2 Å². The minimum Gasteiger partial charge on any atom is -0.379 e. The van der Waals surface area contributed by atoms with E-state index < -0.39 is 0 Å². The number of carbonyl (C=O) groups excluding carboxylic acids is 2. The van der Waals surface area contributed by atoms with Crippen molar-refractivity contribution in [1.29, 1.82) is 0 Å². The van der Waals surface area contributed by atoms with Crippen molar-refractivity contribution < 1.29 is 19.1 Å². The first-order valence-electron chi connectivity index (χ1n) is 7.25. The highest BCUT2D eigenvalue weighted by molar-refractivity contribution is 6.06. The summed E-state index contributed by atoms with van der Waals surface area (Å²) in [5.74, 6) is -0.653. The van der Waals surface area contributed by atoms with Crippen LogP contribution in [0.25, 0.3) is 0 Å². The monoisotopic (exact) mass is 278 g/mol. The maximum Gasteiger partial charge on any atom is 0.236 e. The Morgan fingerprint density at radius 2 is 1.60 bits per heavy atom. The van der Waals surface area contributed by atoms with Crippen LogP contribution in [-0.4, -0.2) is 73.2 Å². The Labute approximate surface area is 117 Å². The SMILES string of the molecule is O=C1C2C(C(=O)N1CCN1CCOCC1)[C@H]1C=C[C@@H]2O1. The van der Waals surface area contributed by atoms with Crippen LogP contribution in [-0.2, 0) is 19.1 Å². The highest BCUT2D eigenvalue weighted by Gasteiger charge is 2.60. The third kappa shape index (κ3) is 1.75. The van der Waals surface area contributed by atoms with E-state index in [0.717, 1.165) is 32.8 Å². The molecule has 0 radical (unpaired) electrons. The quantitative estimate of drug-likeness (QED) is 0.502. The number of hydrogen-bond donors (Lipinski definition) is 0. The molecule has 2 unspecified atom stereocenters. The summed E-state index contributed by atoms with van der Waals surface area (Å²) < 4.78 is 10.9. The number of ether oxygens (including phenoxy) is 2. The van der Waals surface area contributed by atoms with Gasteiger partial charge in [0.25, 0.3) is 0 Å². The zero-order chi connectivity index (χ0) is 13.7. The summed E-state index contributed by atoms with van der Waals surface area (Å²) in [5.41, 5.74) is 0. The Kier molecular flexibility index (Phi) is 2.90. The lowest BCUT2D eigenvalue weighted by molar-refractivity contribution is -0.142. The highest BCUT2D eigenvalue weighted by Crippen LogP contribution is 2.44. The molecule has 3 fully saturated rings. The van der Waals surface area contributed by atoms with Crippen LogP contribution in [0.2, 0.25) is 0 Å². The Balaban J connectivity index is 1.42. The van der Waals surface area contributed by atoms with Gasteiger partial charge in [-0.05, 0) is 0 Å². The second-order valence-corrected chi connectivity index (χ2v) is 5.78. The van der Waals surface area contributed by atoms with E-state index >= 15 is 0 Å². The molecule has 6 nitrogen and oxygen atoms in total. The minimum absolute atomic E-state index is 0.0508. The largest absolute Gasteiger partial charge is 0.379 e. The Morgan fingerprint density at radius 1 is 1.00 bits per heavy atom. The first kappa shape index (κ1) is 12.5. The number of carbonyl (C=O) groups is 2. The van der Waals surface area contributed by atoms with Crippen LogP contribution in [0.4, 0.5) is 0 Å². The predicted octanol–water partition coefficient (Wildman–Crippen LogP) is -0.743. The molecule has 20 heavy (non-hydrogen) atoms. The molecule has 0 saturated carbocycles. The molecule has 0 N–H and O–H groups in total. The molecule has 0 aromatic rings. The van der Waals surface area contributed by atoms with E-state index in [-0.39, 0.29) is 35.9 Å². The van der Waals surface area contributed by atoms with Gasteiger partial charge >= 0.3 is 0 Å². The van der Waals surface area contributed by atoms with Gasteiger partial charge in [0, 0.05) is 26.2 Å². The third-order valence-electron chi connectivity index (χ3n) is 4.75. The number of rotatable bonds is 3. The van der Waals surface area contributed by atoms with Gasteiger partial charge in [-0.1, -0.05) is 12.2 Å². The van der Waals surface area contributed by atoms with Gasteiger partial charge in [-0.3, -0.25) is 19.4 Å². The molecule has 0 spiro atoms. The van der Waals surface area contributed by atoms with Crippen molar-refractivity contribution in [2.45, 2.75) is 12.2 Å². The van der Waals surface area contributed by atoms with Gasteiger partial charge in [0.2, 0.25) is 11.8 Å². The van der Waals surface area contributed by atoms with Crippen LogP contribution in [0.15, 0.2) is 12.2 Å². The molecule has 6 heteroatoms. The summed E-state index contributed by atoms with van der Waals surface area (Å²) >= 11 is 0. The number of hydrogen-bond acceptors (Lipinski definition) is 5. The molecule has 4 aliphatic rings. The number of imide groups is 1. The van der Waals surface area contributed by atoms with Crippen LogP contribution in [0.5, 0.6) is 0 Å².